The molecule has 1 aliphatic carbocycles. The molecule has 1 aromatic rings. The summed E-state index contributed by atoms with van der Waals surface area (Å²) >= 11 is 0. The smallest absolute Gasteiger partial charge is 0.246 e. The minimum absolute atomic E-state index is 0.0838. The van der Waals surface area contributed by atoms with Crippen molar-refractivity contribution in [3.05, 3.63) is 36.4 Å². The van der Waals surface area contributed by atoms with Crippen molar-refractivity contribution < 1.29 is 28.6 Å². The van der Waals surface area contributed by atoms with Crippen LogP contribution in [0.5, 0.6) is 5.75 Å². The molecule has 38 heavy (non-hydrogen) atoms. The molecule has 5 atom stereocenters. The van der Waals surface area contributed by atoms with E-state index in [1.807, 2.05) is 26.0 Å². The molecular formula is C29H39N3O6. The summed E-state index contributed by atoms with van der Waals surface area (Å²) in [6, 6.07) is 6.33. The van der Waals surface area contributed by atoms with Gasteiger partial charge in [0, 0.05) is 24.9 Å². The maximum atomic E-state index is 14.0. The highest BCUT2D eigenvalue weighted by Crippen LogP contribution is 2.55. The van der Waals surface area contributed by atoms with Crippen molar-refractivity contribution in [1.82, 2.24) is 10.2 Å². The van der Waals surface area contributed by atoms with Gasteiger partial charge in [0.2, 0.25) is 17.7 Å². The normalized spacial score (nSPS) is 30.1. The Morgan fingerprint density at radius 1 is 1.13 bits per heavy atom. The standard InChI is InChI=1S/C29H39N3O6/c1-18(2)37-17-7-16-32-25(27(34)31-19-8-5-4-6-9-19)29-15-14-22(38-29)23(24(29)28(32)35)26(33)30-20-10-12-21(36-3)13-11-20/h10-15,18-19,22-25H,4-9,16-17H2,1-3H3,(H,30,33)(H,31,34). The van der Waals surface area contributed by atoms with Gasteiger partial charge in [-0.25, -0.2) is 0 Å². The summed E-state index contributed by atoms with van der Waals surface area (Å²) in [4.78, 5) is 42.9. The molecule has 206 valence electrons. The Bertz CT molecular complexity index is 1070. The Labute approximate surface area is 224 Å². The minimum atomic E-state index is -1.15. The van der Waals surface area contributed by atoms with Crippen LogP contribution in [0.2, 0.25) is 0 Å². The molecule has 1 spiro atoms. The van der Waals surface area contributed by atoms with Crippen LogP contribution in [0, 0.1) is 11.8 Å². The predicted octanol–water partition coefficient (Wildman–Crippen LogP) is 3.05. The third-order valence-corrected chi connectivity index (χ3v) is 8.23. The highest BCUT2D eigenvalue weighted by molar-refractivity contribution is 6.02. The lowest BCUT2D eigenvalue weighted by atomic mass is 9.74. The Balaban J connectivity index is 1.38. The van der Waals surface area contributed by atoms with E-state index in [-0.39, 0.29) is 29.9 Å². The fourth-order valence-corrected chi connectivity index (χ4v) is 6.49. The van der Waals surface area contributed by atoms with E-state index in [9.17, 15) is 14.4 Å². The van der Waals surface area contributed by atoms with Crippen LogP contribution >= 0.6 is 0 Å². The van der Waals surface area contributed by atoms with Gasteiger partial charge in [-0.15, -0.1) is 0 Å². The number of rotatable bonds is 10. The molecule has 2 bridgehead atoms. The molecule has 1 saturated carbocycles. The van der Waals surface area contributed by atoms with Gasteiger partial charge < -0.3 is 29.7 Å². The maximum absolute atomic E-state index is 14.0. The molecule has 4 aliphatic rings. The maximum Gasteiger partial charge on any atom is 0.246 e. The van der Waals surface area contributed by atoms with Crippen LogP contribution in [0.4, 0.5) is 5.69 Å². The lowest BCUT2D eigenvalue weighted by molar-refractivity contribution is -0.141. The number of nitrogens with zero attached hydrogens (tertiary/aromatic N) is 1. The van der Waals surface area contributed by atoms with Gasteiger partial charge in [0.15, 0.2) is 0 Å². The number of hydrogen-bond donors (Lipinski definition) is 2. The van der Waals surface area contributed by atoms with E-state index in [0.29, 0.717) is 31.0 Å². The van der Waals surface area contributed by atoms with Gasteiger partial charge in [-0.05, 0) is 57.4 Å². The zero-order valence-electron chi connectivity index (χ0n) is 22.5. The first-order valence-electron chi connectivity index (χ1n) is 13.9. The number of amides is 3. The Kier molecular flexibility index (Phi) is 7.77. The number of fused-ring (bicyclic) bond motifs is 1. The minimum Gasteiger partial charge on any atom is -0.497 e. The summed E-state index contributed by atoms with van der Waals surface area (Å²) in [6.45, 7) is 4.78. The monoisotopic (exact) mass is 525 g/mol. The van der Waals surface area contributed by atoms with Gasteiger partial charge >= 0.3 is 0 Å². The zero-order valence-corrected chi connectivity index (χ0v) is 22.5. The lowest BCUT2D eigenvalue weighted by Crippen LogP contribution is -2.56. The third-order valence-electron chi connectivity index (χ3n) is 8.23. The number of benzene rings is 1. The van der Waals surface area contributed by atoms with E-state index in [4.69, 9.17) is 14.2 Å². The molecule has 5 unspecified atom stereocenters. The molecule has 2 saturated heterocycles. The molecule has 2 N–H and O–H groups in total. The van der Waals surface area contributed by atoms with Gasteiger partial charge in [0.25, 0.3) is 0 Å². The molecule has 0 aromatic heterocycles. The fraction of sp³-hybridized carbons (Fsp3) is 0.621. The van der Waals surface area contributed by atoms with E-state index in [0.717, 1.165) is 25.7 Å². The molecule has 5 rings (SSSR count). The third kappa shape index (κ3) is 4.94. The molecule has 9 heteroatoms. The quantitative estimate of drug-likeness (QED) is 0.359. The lowest BCUT2D eigenvalue weighted by Gasteiger charge is -2.34. The van der Waals surface area contributed by atoms with Crippen molar-refractivity contribution in [3.63, 3.8) is 0 Å². The molecule has 3 heterocycles. The molecule has 1 aromatic carbocycles. The highest BCUT2D eigenvalue weighted by Gasteiger charge is 2.72. The van der Waals surface area contributed by atoms with Crippen molar-refractivity contribution in [1.29, 1.82) is 0 Å². The number of methoxy groups -OCH3 is 1. The van der Waals surface area contributed by atoms with Gasteiger partial charge in [-0.1, -0.05) is 31.4 Å². The van der Waals surface area contributed by atoms with Crippen LogP contribution in [0.15, 0.2) is 36.4 Å². The topological polar surface area (TPSA) is 106 Å². The van der Waals surface area contributed by atoms with E-state index >= 15 is 0 Å². The first kappa shape index (κ1) is 26.7. The van der Waals surface area contributed by atoms with Gasteiger partial charge in [-0.3, -0.25) is 14.4 Å². The van der Waals surface area contributed by atoms with Gasteiger partial charge in [0.05, 0.1) is 31.2 Å². The number of hydrogen-bond acceptors (Lipinski definition) is 6. The first-order chi connectivity index (χ1) is 18.3. The molecule has 3 amide bonds. The van der Waals surface area contributed by atoms with Crippen LogP contribution in [0.1, 0.15) is 52.4 Å². The summed E-state index contributed by atoms with van der Waals surface area (Å²) < 4.78 is 17.3. The largest absolute Gasteiger partial charge is 0.497 e. The van der Waals surface area contributed by atoms with Crippen molar-refractivity contribution in [2.24, 2.45) is 11.8 Å². The van der Waals surface area contributed by atoms with E-state index in [2.05, 4.69) is 10.6 Å². The Morgan fingerprint density at radius 2 is 1.87 bits per heavy atom. The van der Waals surface area contributed by atoms with Crippen molar-refractivity contribution in [2.75, 3.05) is 25.6 Å². The molecule has 3 aliphatic heterocycles. The van der Waals surface area contributed by atoms with Crippen LogP contribution in [0.25, 0.3) is 0 Å². The Hall–Kier alpha value is -2.91. The summed E-state index contributed by atoms with van der Waals surface area (Å²) in [5.74, 6) is -1.50. The molecule has 3 fully saturated rings. The second-order valence-corrected chi connectivity index (χ2v) is 11.1. The second kappa shape index (κ2) is 11.1. The average molecular weight is 526 g/mol. The number of carbonyl (C=O) groups excluding carboxylic acids is 3. The number of likely N-dealkylation sites (tertiary alicyclic amines) is 1. The summed E-state index contributed by atoms with van der Waals surface area (Å²) in [6.07, 6.45) is 9.06. The van der Waals surface area contributed by atoms with Crippen LogP contribution in [0.3, 0.4) is 0 Å². The van der Waals surface area contributed by atoms with Gasteiger partial charge in [-0.2, -0.15) is 0 Å². The van der Waals surface area contributed by atoms with E-state index < -0.39 is 29.6 Å². The second-order valence-electron chi connectivity index (χ2n) is 11.1. The molecular weight excluding hydrogens is 486 g/mol. The van der Waals surface area contributed by atoms with Crippen LogP contribution in [-0.4, -0.2) is 72.8 Å². The number of nitrogens with one attached hydrogen (secondary N) is 2. The fourth-order valence-electron chi connectivity index (χ4n) is 6.49. The van der Waals surface area contributed by atoms with Crippen molar-refractivity contribution in [3.8, 4) is 5.75 Å². The van der Waals surface area contributed by atoms with Crippen LogP contribution < -0.4 is 15.4 Å². The summed E-state index contributed by atoms with van der Waals surface area (Å²) in [7, 11) is 1.58. The SMILES string of the molecule is COc1ccc(NC(=O)C2C3C=CC4(O3)C2C(=O)N(CCCOC(C)C)C4C(=O)NC2CCCCC2)cc1. The highest BCUT2D eigenvalue weighted by atomic mass is 16.5. The number of ether oxygens (including phenoxy) is 3. The van der Waals surface area contributed by atoms with E-state index in [1.54, 1.807) is 36.3 Å². The average Bonchev–Trinajstić information content (AvgIpc) is 3.55. The van der Waals surface area contributed by atoms with Crippen molar-refractivity contribution >= 4 is 23.4 Å². The van der Waals surface area contributed by atoms with E-state index in [1.165, 1.54) is 6.42 Å². The Morgan fingerprint density at radius 3 is 2.55 bits per heavy atom. The zero-order chi connectivity index (χ0) is 26.9. The molecule has 0 radical (unpaired) electrons. The van der Waals surface area contributed by atoms with Crippen molar-refractivity contribution in [2.45, 2.75) is 82.3 Å². The van der Waals surface area contributed by atoms with Gasteiger partial charge in [0.1, 0.15) is 17.4 Å². The number of carbonyl (C=O) groups is 3. The number of anilines is 1. The van der Waals surface area contributed by atoms with Crippen LogP contribution in [-0.2, 0) is 23.9 Å². The summed E-state index contributed by atoms with van der Waals surface area (Å²) in [5.41, 5.74) is -0.544. The summed E-state index contributed by atoms with van der Waals surface area (Å²) in [5, 5.41) is 6.15. The predicted molar refractivity (Wildman–Crippen MR) is 142 cm³/mol. The molecule has 9 nitrogen and oxygen atoms in total. The first-order valence-corrected chi connectivity index (χ1v) is 13.9.